The Morgan fingerprint density at radius 2 is 1.33 bits per heavy atom. The summed E-state index contributed by atoms with van der Waals surface area (Å²) in [5.41, 5.74) is 0. The first-order chi connectivity index (χ1) is 10.3. The van der Waals surface area contributed by atoms with Gasteiger partial charge in [0.15, 0.2) is 6.29 Å². The Labute approximate surface area is 132 Å². The van der Waals surface area contributed by atoms with Crippen molar-refractivity contribution in [2.75, 3.05) is 13.2 Å². The van der Waals surface area contributed by atoms with E-state index in [4.69, 9.17) is 9.47 Å². The number of ether oxygens (including phenoxy) is 2. The number of unbranched alkanes of at least 4 members (excludes halogenated alkanes) is 6. The van der Waals surface area contributed by atoms with Crippen molar-refractivity contribution in [3.05, 3.63) is 24.3 Å². The zero-order valence-corrected chi connectivity index (χ0v) is 14.5. The molecule has 2 nitrogen and oxygen atoms in total. The molecule has 0 amide bonds. The standard InChI is InChI=1S/C19H36O2/c1-4-6-7-8-9-10-11-12-13-14-15-16-17-18-21-19(3)20-5-2/h8-9,12-13,19H,4-7,10-11,14-18H2,1-3H3/b9-8+,13-12+. The average molecular weight is 296 g/mol. The van der Waals surface area contributed by atoms with Gasteiger partial charge in [0.1, 0.15) is 0 Å². The van der Waals surface area contributed by atoms with Gasteiger partial charge >= 0.3 is 0 Å². The van der Waals surface area contributed by atoms with E-state index in [1.54, 1.807) is 0 Å². The average Bonchev–Trinajstić information content (AvgIpc) is 2.48. The van der Waals surface area contributed by atoms with Crippen molar-refractivity contribution in [3.8, 4) is 0 Å². The molecule has 0 saturated carbocycles. The van der Waals surface area contributed by atoms with Gasteiger partial charge in [-0.2, -0.15) is 0 Å². The maximum Gasteiger partial charge on any atom is 0.154 e. The molecule has 0 heterocycles. The van der Waals surface area contributed by atoms with Crippen LogP contribution in [0.5, 0.6) is 0 Å². The summed E-state index contributed by atoms with van der Waals surface area (Å²) in [5.74, 6) is 0. The number of hydrogen-bond acceptors (Lipinski definition) is 2. The molecule has 0 fully saturated rings. The minimum atomic E-state index is -0.0553. The summed E-state index contributed by atoms with van der Waals surface area (Å²) in [6.45, 7) is 7.73. The maximum atomic E-state index is 5.53. The molecule has 124 valence electrons. The number of hydrogen-bond donors (Lipinski definition) is 0. The molecular weight excluding hydrogens is 260 g/mol. The van der Waals surface area contributed by atoms with Gasteiger partial charge in [-0.3, -0.25) is 0 Å². The summed E-state index contributed by atoms with van der Waals surface area (Å²) in [4.78, 5) is 0. The highest BCUT2D eigenvalue weighted by atomic mass is 16.7. The molecule has 0 bridgehead atoms. The quantitative estimate of drug-likeness (QED) is 0.209. The molecule has 0 saturated heterocycles. The Balaban J connectivity index is 3.20. The van der Waals surface area contributed by atoms with Gasteiger partial charge in [-0.15, -0.1) is 0 Å². The van der Waals surface area contributed by atoms with Crippen molar-refractivity contribution in [3.63, 3.8) is 0 Å². The second kappa shape index (κ2) is 17.5. The summed E-state index contributed by atoms with van der Waals surface area (Å²) < 4.78 is 10.9. The molecule has 0 N–H and O–H groups in total. The lowest BCUT2D eigenvalue weighted by molar-refractivity contribution is -0.127. The number of rotatable bonds is 15. The van der Waals surface area contributed by atoms with E-state index < -0.39 is 0 Å². The highest BCUT2D eigenvalue weighted by Crippen LogP contribution is 2.04. The lowest BCUT2D eigenvalue weighted by Crippen LogP contribution is -2.13. The van der Waals surface area contributed by atoms with E-state index in [0.29, 0.717) is 0 Å². The molecule has 0 aromatic rings. The van der Waals surface area contributed by atoms with Crippen molar-refractivity contribution in [1.29, 1.82) is 0 Å². The predicted octanol–water partition coefficient (Wildman–Crippen LogP) is 6.03. The highest BCUT2D eigenvalue weighted by molar-refractivity contribution is 4.87. The zero-order valence-electron chi connectivity index (χ0n) is 14.5. The zero-order chi connectivity index (χ0) is 15.6. The summed E-state index contributed by atoms with van der Waals surface area (Å²) in [6, 6.07) is 0. The van der Waals surface area contributed by atoms with Gasteiger partial charge < -0.3 is 9.47 Å². The van der Waals surface area contributed by atoms with Gasteiger partial charge in [0, 0.05) is 13.2 Å². The van der Waals surface area contributed by atoms with E-state index in [0.717, 1.165) is 19.6 Å². The minimum absolute atomic E-state index is 0.0553. The summed E-state index contributed by atoms with van der Waals surface area (Å²) >= 11 is 0. The molecular formula is C19H36O2. The normalized spacial score (nSPS) is 13.5. The van der Waals surface area contributed by atoms with Crippen LogP contribution in [0, 0.1) is 0 Å². The molecule has 0 aliphatic rings. The van der Waals surface area contributed by atoms with Crippen LogP contribution < -0.4 is 0 Å². The molecule has 1 unspecified atom stereocenters. The molecule has 0 radical (unpaired) electrons. The van der Waals surface area contributed by atoms with E-state index in [-0.39, 0.29) is 6.29 Å². The maximum absolute atomic E-state index is 5.53. The fourth-order valence-corrected chi connectivity index (χ4v) is 2.06. The van der Waals surface area contributed by atoms with E-state index in [1.165, 1.54) is 51.4 Å². The molecule has 1 atom stereocenters. The minimum Gasteiger partial charge on any atom is -0.353 e. The first-order valence-electron chi connectivity index (χ1n) is 8.84. The third-order valence-corrected chi connectivity index (χ3v) is 3.33. The van der Waals surface area contributed by atoms with Crippen LogP contribution >= 0.6 is 0 Å². The van der Waals surface area contributed by atoms with E-state index >= 15 is 0 Å². The third-order valence-electron chi connectivity index (χ3n) is 3.33. The smallest absolute Gasteiger partial charge is 0.154 e. The summed E-state index contributed by atoms with van der Waals surface area (Å²) in [6.07, 6.45) is 20.3. The van der Waals surface area contributed by atoms with Crippen molar-refractivity contribution >= 4 is 0 Å². The fourth-order valence-electron chi connectivity index (χ4n) is 2.06. The highest BCUT2D eigenvalue weighted by Gasteiger charge is 1.98. The van der Waals surface area contributed by atoms with Crippen molar-refractivity contribution < 1.29 is 9.47 Å². The van der Waals surface area contributed by atoms with Gasteiger partial charge in [0.25, 0.3) is 0 Å². The van der Waals surface area contributed by atoms with Crippen molar-refractivity contribution in [1.82, 2.24) is 0 Å². The van der Waals surface area contributed by atoms with Crippen LogP contribution in [0.2, 0.25) is 0 Å². The Kier molecular flexibility index (Phi) is 17.0. The number of allylic oxidation sites excluding steroid dienone is 4. The molecule has 0 aliphatic heterocycles. The summed E-state index contributed by atoms with van der Waals surface area (Å²) in [5, 5.41) is 0. The van der Waals surface area contributed by atoms with Crippen LogP contribution in [0.4, 0.5) is 0 Å². The van der Waals surface area contributed by atoms with Gasteiger partial charge in [-0.25, -0.2) is 0 Å². The molecule has 2 heteroatoms. The summed E-state index contributed by atoms with van der Waals surface area (Å²) in [7, 11) is 0. The molecule has 0 spiro atoms. The van der Waals surface area contributed by atoms with E-state index in [1.807, 2.05) is 13.8 Å². The Morgan fingerprint density at radius 3 is 1.95 bits per heavy atom. The van der Waals surface area contributed by atoms with Crippen molar-refractivity contribution in [2.45, 2.75) is 84.8 Å². The first-order valence-corrected chi connectivity index (χ1v) is 8.84. The van der Waals surface area contributed by atoms with Crippen LogP contribution in [0.15, 0.2) is 24.3 Å². The largest absolute Gasteiger partial charge is 0.353 e. The monoisotopic (exact) mass is 296 g/mol. The SMILES string of the molecule is CCCC/C=C/CC/C=C/CCCCCOC(C)OCC. The second-order valence-electron chi connectivity index (χ2n) is 5.41. The predicted molar refractivity (Wildman–Crippen MR) is 92.5 cm³/mol. The molecule has 21 heavy (non-hydrogen) atoms. The van der Waals surface area contributed by atoms with Crippen LogP contribution in [0.25, 0.3) is 0 Å². The van der Waals surface area contributed by atoms with Gasteiger partial charge in [0.05, 0.1) is 0 Å². The first kappa shape index (κ1) is 20.4. The van der Waals surface area contributed by atoms with Gasteiger partial charge in [0.2, 0.25) is 0 Å². The van der Waals surface area contributed by atoms with Gasteiger partial charge in [-0.1, -0.05) is 50.5 Å². The molecule has 0 rings (SSSR count). The topological polar surface area (TPSA) is 18.5 Å². The van der Waals surface area contributed by atoms with Crippen molar-refractivity contribution in [2.24, 2.45) is 0 Å². The van der Waals surface area contributed by atoms with E-state index in [9.17, 15) is 0 Å². The lowest BCUT2D eigenvalue weighted by Gasteiger charge is -2.12. The van der Waals surface area contributed by atoms with E-state index in [2.05, 4.69) is 31.2 Å². The fraction of sp³-hybridized carbons (Fsp3) is 0.789. The molecule has 0 aromatic carbocycles. The van der Waals surface area contributed by atoms with Gasteiger partial charge in [-0.05, 0) is 52.4 Å². The Bertz CT molecular complexity index is 246. The molecule has 0 aliphatic carbocycles. The molecule has 0 aromatic heterocycles. The Hall–Kier alpha value is -0.600. The van der Waals surface area contributed by atoms with Crippen LogP contribution in [0.1, 0.15) is 78.6 Å². The third kappa shape index (κ3) is 17.3. The van der Waals surface area contributed by atoms with Crippen LogP contribution in [0.3, 0.4) is 0 Å². The van der Waals surface area contributed by atoms with Crippen LogP contribution in [-0.4, -0.2) is 19.5 Å². The Morgan fingerprint density at radius 1 is 0.714 bits per heavy atom. The second-order valence-corrected chi connectivity index (χ2v) is 5.41. The van der Waals surface area contributed by atoms with Crippen LogP contribution in [-0.2, 0) is 9.47 Å². The lowest BCUT2D eigenvalue weighted by atomic mass is 10.1.